The Morgan fingerprint density at radius 3 is 1.95 bits per heavy atom. The van der Waals surface area contributed by atoms with E-state index in [9.17, 15) is 0 Å². The van der Waals surface area contributed by atoms with E-state index >= 15 is 0 Å². The second kappa shape index (κ2) is 7.25. The molecule has 20 heavy (non-hydrogen) atoms. The van der Waals surface area contributed by atoms with Crippen molar-refractivity contribution < 1.29 is 13.6 Å². The lowest BCUT2D eigenvalue weighted by molar-refractivity contribution is 0.230. The van der Waals surface area contributed by atoms with Crippen molar-refractivity contribution in [3.05, 3.63) is 24.3 Å². The molecule has 0 aliphatic rings. The van der Waals surface area contributed by atoms with E-state index in [0.29, 0.717) is 0 Å². The zero-order chi connectivity index (χ0) is 15.2. The van der Waals surface area contributed by atoms with Crippen molar-refractivity contribution in [1.82, 2.24) is 0 Å². The Bertz CT molecular complexity index is 391. The molecule has 0 saturated carbocycles. The van der Waals surface area contributed by atoms with Crippen molar-refractivity contribution in [2.75, 3.05) is 20.8 Å². The summed E-state index contributed by atoms with van der Waals surface area (Å²) in [5.74, 6) is 0.909. The second-order valence-electron chi connectivity index (χ2n) is 6.00. The summed E-state index contributed by atoms with van der Waals surface area (Å²) >= 11 is 0. The van der Waals surface area contributed by atoms with Crippen LogP contribution in [0.5, 0.6) is 5.75 Å². The van der Waals surface area contributed by atoms with Gasteiger partial charge >= 0.3 is 8.56 Å². The Morgan fingerprint density at radius 2 is 1.55 bits per heavy atom. The number of rotatable bonds is 7. The van der Waals surface area contributed by atoms with Crippen LogP contribution in [-0.4, -0.2) is 29.4 Å². The molecule has 0 heterocycles. The molecule has 0 saturated heterocycles. The van der Waals surface area contributed by atoms with Crippen LogP contribution in [0.4, 0.5) is 0 Å². The van der Waals surface area contributed by atoms with Crippen molar-refractivity contribution in [2.45, 2.75) is 45.6 Å². The summed E-state index contributed by atoms with van der Waals surface area (Å²) in [5.41, 5.74) is 0. The van der Waals surface area contributed by atoms with E-state index in [4.69, 9.17) is 13.6 Å². The van der Waals surface area contributed by atoms with Crippen molar-refractivity contribution in [2.24, 2.45) is 0 Å². The van der Waals surface area contributed by atoms with Crippen molar-refractivity contribution in [1.29, 1.82) is 0 Å². The second-order valence-corrected chi connectivity index (χ2v) is 10.1. The third-order valence-electron chi connectivity index (χ3n) is 3.56. The van der Waals surface area contributed by atoms with E-state index < -0.39 is 8.56 Å². The first-order chi connectivity index (χ1) is 9.41. The molecule has 0 fully saturated rings. The van der Waals surface area contributed by atoms with E-state index in [2.05, 4.69) is 39.8 Å². The van der Waals surface area contributed by atoms with Crippen LogP contribution in [0, 0.1) is 0 Å². The summed E-state index contributed by atoms with van der Waals surface area (Å²) in [5, 5.41) is 1.10. The van der Waals surface area contributed by atoms with Crippen LogP contribution >= 0.6 is 0 Å². The third-order valence-corrected chi connectivity index (χ3v) is 7.78. The molecule has 0 aromatic heterocycles. The van der Waals surface area contributed by atoms with Crippen molar-refractivity contribution in [3.63, 3.8) is 0 Å². The Hall–Kier alpha value is -0.843. The van der Waals surface area contributed by atoms with Crippen LogP contribution < -0.4 is 9.92 Å². The number of hydrogen-bond donors (Lipinski definition) is 0. The van der Waals surface area contributed by atoms with E-state index in [1.807, 2.05) is 12.1 Å². The van der Waals surface area contributed by atoms with E-state index in [1.54, 1.807) is 14.2 Å². The molecule has 1 aromatic carbocycles. The summed E-state index contributed by atoms with van der Waals surface area (Å²) in [7, 11) is 1.05. The average Bonchev–Trinajstić information content (AvgIpc) is 2.41. The summed E-state index contributed by atoms with van der Waals surface area (Å²) in [6, 6.07) is 8.17. The zero-order valence-electron chi connectivity index (χ0n) is 13.7. The van der Waals surface area contributed by atoms with Crippen LogP contribution in [0.1, 0.15) is 40.5 Å². The molecule has 4 heteroatoms. The van der Waals surface area contributed by atoms with Gasteiger partial charge in [-0.1, -0.05) is 46.2 Å². The van der Waals surface area contributed by atoms with Gasteiger partial charge in [-0.25, -0.2) is 0 Å². The summed E-state index contributed by atoms with van der Waals surface area (Å²) in [6.45, 7) is 9.42. The van der Waals surface area contributed by atoms with Crippen LogP contribution in [0.3, 0.4) is 0 Å². The minimum absolute atomic E-state index is 0.0406. The first-order valence-corrected chi connectivity index (χ1v) is 9.06. The maximum atomic E-state index is 5.85. The predicted molar refractivity (Wildman–Crippen MR) is 86.0 cm³/mol. The maximum Gasteiger partial charge on any atom is 0.377 e. The highest BCUT2D eigenvalue weighted by atomic mass is 28.4. The summed E-state index contributed by atoms with van der Waals surface area (Å²) in [6.07, 6.45) is 2.23. The molecule has 3 nitrogen and oxygen atoms in total. The molecule has 0 bridgehead atoms. The third kappa shape index (κ3) is 3.62. The lowest BCUT2D eigenvalue weighted by atomic mass is 10.2. The number of hydrogen-bond acceptors (Lipinski definition) is 3. The Kier molecular flexibility index (Phi) is 6.24. The highest BCUT2D eigenvalue weighted by Gasteiger charge is 2.49. The first-order valence-electron chi connectivity index (χ1n) is 7.25. The van der Waals surface area contributed by atoms with Crippen LogP contribution in [0.2, 0.25) is 5.04 Å². The molecule has 0 spiro atoms. The molecule has 0 amide bonds. The standard InChI is InChI=1S/C16H28O3Si/c1-7-8-13-19-14-9-11-15(12-10-14)20(17-5,18-6)16(2,3)4/h9-12H,7-8,13H2,1-6H3. The first kappa shape index (κ1) is 17.2. The molecule has 0 aliphatic heterocycles. The van der Waals surface area contributed by atoms with Gasteiger partial charge in [-0.3, -0.25) is 0 Å². The predicted octanol–water partition coefficient (Wildman–Crippen LogP) is 3.61. The molecule has 114 valence electrons. The van der Waals surface area contributed by atoms with Gasteiger partial charge in [0.2, 0.25) is 0 Å². The molecule has 0 N–H and O–H groups in total. The van der Waals surface area contributed by atoms with Gasteiger partial charge in [0, 0.05) is 19.3 Å². The van der Waals surface area contributed by atoms with Crippen LogP contribution in [0.25, 0.3) is 0 Å². The molecular weight excluding hydrogens is 268 g/mol. The van der Waals surface area contributed by atoms with E-state index in [1.165, 1.54) is 0 Å². The molecule has 1 rings (SSSR count). The maximum absolute atomic E-state index is 5.85. The van der Waals surface area contributed by atoms with Crippen LogP contribution in [-0.2, 0) is 8.85 Å². The number of benzene rings is 1. The van der Waals surface area contributed by atoms with E-state index in [0.717, 1.165) is 30.4 Å². The van der Waals surface area contributed by atoms with Gasteiger partial charge in [0.15, 0.2) is 0 Å². The molecular formula is C16H28O3Si. The minimum atomic E-state index is -2.44. The summed E-state index contributed by atoms with van der Waals surface area (Å²) in [4.78, 5) is 0. The average molecular weight is 296 g/mol. The fourth-order valence-electron chi connectivity index (χ4n) is 2.47. The van der Waals surface area contributed by atoms with E-state index in [-0.39, 0.29) is 5.04 Å². The molecule has 0 unspecified atom stereocenters. The highest BCUT2D eigenvalue weighted by Crippen LogP contribution is 2.36. The van der Waals surface area contributed by atoms with Gasteiger partial charge in [-0.05, 0) is 23.7 Å². The molecule has 0 aliphatic carbocycles. The fourth-order valence-corrected chi connectivity index (χ4v) is 5.80. The van der Waals surface area contributed by atoms with Gasteiger partial charge in [-0.15, -0.1) is 0 Å². The fraction of sp³-hybridized carbons (Fsp3) is 0.625. The van der Waals surface area contributed by atoms with Crippen molar-refractivity contribution in [3.8, 4) is 5.75 Å². The van der Waals surface area contributed by atoms with Crippen LogP contribution in [0.15, 0.2) is 24.3 Å². The monoisotopic (exact) mass is 296 g/mol. The normalized spacial score (nSPS) is 12.5. The van der Waals surface area contributed by atoms with Gasteiger partial charge in [-0.2, -0.15) is 0 Å². The summed E-state index contributed by atoms with van der Waals surface area (Å²) < 4.78 is 17.4. The van der Waals surface area contributed by atoms with Gasteiger partial charge in [0.05, 0.1) is 6.61 Å². The lowest BCUT2D eigenvalue weighted by Crippen LogP contribution is -2.59. The molecule has 0 radical (unpaired) electrons. The molecule has 0 atom stereocenters. The number of unbranched alkanes of at least 4 members (excludes halogenated alkanes) is 1. The van der Waals surface area contributed by atoms with Gasteiger partial charge < -0.3 is 13.6 Å². The highest BCUT2D eigenvalue weighted by molar-refractivity contribution is 6.83. The Labute approximate surface area is 124 Å². The SMILES string of the molecule is CCCCOc1ccc([Si](OC)(OC)C(C)(C)C)cc1. The largest absolute Gasteiger partial charge is 0.494 e. The van der Waals surface area contributed by atoms with Gasteiger partial charge in [0.1, 0.15) is 5.75 Å². The lowest BCUT2D eigenvalue weighted by Gasteiger charge is -2.38. The quantitative estimate of drug-likeness (QED) is 0.568. The Morgan fingerprint density at radius 1 is 1.00 bits per heavy atom. The number of ether oxygens (including phenoxy) is 1. The zero-order valence-corrected chi connectivity index (χ0v) is 14.7. The molecule has 1 aromatic rings. The smallest absolute Gasteiger partial charge is 0.377 e. The Balaban J connectivity index is 2.94. The van der Waals surface area contributed by atoms with Gasteiger partial charge in [0.25, 0.3) is 0 Å². The minimum Gasteiger partial charge on any atom is -0.494 e. The topological polar surface area (TPSA) is 27.7 Å². The van der Waals surface area contributed by atoms with Crippen molar-refractivity contribution >= 4 is 13.7 Å².